The van der Waals surface area contributed by atoms with Crippen LogP contribution >= 0.6 is 46.7 Å². The number of rotatable bonds is 6. The summed E-state index contributed by atoms with van der Waals surface area (Å²) in [4.78, 5) is 27.6. The van der Waals surface area contributed by atoms with Crippen molar-refractivity contribution >= 4 is 74.0 Å². The molecular formula is C15H14N4O2S4. The minimum atomic E-state index is -0.143. The van der Waals surface area contributed by atoms with Gasteiger partial charge < -0.3 is 5.32 Å². The summed E-state index contributed by atoms with van der Waals surface area (Å²) in [5, 5.41) is 13.7. The number of hydrogen-bond donors (Lipinski definition) is 1. The smallest absolute Gasteiger partial charge is 0.266 e. The molecule has 0 aliphatic carbocycles. The first-order valence-electron chi connectivity index (χ1n) is 7.42. The first-order chi connectivity index (χ1) is 12.0. The lowest BCUT2D eigenvalue weighted by atomic mass is 10.2. The summed E-state index contributed by atoms with van der Waals surface area (Å²) >= 11 is 9.49. The van der Waals surface area contributed by atoms with Gasteiger partial charge in [0.25, 0.3) is 5.91 Å². The van der Waals surface area contributed by atoms with Gasteiger partial charge in [-0.1, -0.05) is 41.4 Å². The number of thioether (sulfide) groups is 1. The predicted octanol–water partition coefficient (Wildman–Crippen LogP) is 3.53. The summed E-state index contributed by atoms with van der Waals surface area (Å²) in [5.74, 6) is -0.237. The van der Waals surface area contributed by atoms with Crippen molar-refractivity contribution in [2.45, 2.75) is 19.8 Å². The number of anilines is 1. The molecule has 25 heavy (non-hydrogen) atoms. The van der Waals surface area contributed by atoms with Crippen LogP contribution < -0.4 is 5.32 Å². The minimum absolute atomic E-state index is 0.0939. The highest BCUT2D eigenvalue weighted by atomic mass is 32.2. The number of thiophene rings is 1. The SMILES string of the molecule is Cc1nnc(NC(=O)CCCN2C(=O)C(=Cc3cccs3)SC2=S)s1. The quantitative estimate of drug-likeness (QED) is 0.580. The van der Waals surface area contributed by atoms with E-state index in [9.17, 15) is 9.59 Å². The zero-order valence-corrected chi connectivity index (χ0v) is 16.5. The maximum atomic E-state index is 12.4. The summed E-state index contributed by atoms with van der Waals surface area (Å²) in [6.07, 6.45) is 2.68. The molecule has 1 N–H and O–H groups in total. The van der Waals surface area contributed by atoms with Gasteiger partial charge in [-0.3, -0.25) is 14.5 Å². The minimum Gasteiger partial charge on any atom is -0.301 e. The predicted molar refractivity (Wildman–Crippen MR) is 107 cm³/mol. The van der Waals surface area contributed by atoms with Gasteiger partial charge in [-0.25, -0.2) is 0 Å². The molecule has 2 amide bonds. The Morgan fingerprint density at radius 1 is 1.44 bits per heavy atom. The molecular weight excluding hydrogens is 396 g/mol. The van der Waals surface area contributed by atoms with Gasteiger partial charge in [0, 0.05) is 17.8 Å². The molecule has 6 nitrogen and oxygen atoms in total. The zero-order valence-electron chi connectivity index (χ0n) is 13.2. The fraction of sp³-hybridized carbons (Fsp3) is 0.267. The van der Waals surface area contributed by atoms with Gasteiger partial charge in [0.05, 0.1) is 4.91 Å². The van der Waals surface area contributed by atoms with Gasteiger partial charge in [-0.15, -0.1) is 21.5 Å². The number of aryl methyl sites for hydroxylation is 1. The summed E-state index contributed by atoms with van der Waals surface area (Å²) in [7, 11) is 0. The van der Waals surface area contributed by atoms with Crippen molar-refractivity contribution < 1.29 is 9.59 Å². The average Bonchev–Trinajstić information content (AvgIpc) is 3.26. The molecule has 130 valence electrons. The number of amides is 2. The second-order valence-corrected chi connectivity index (χ2v) is 8.96. The topological polar surface area (TPSA) is 75.2 Å². The Kier molecular flexibility index (Phi) is 5.94. The second-order valence-electron chi connectivity index (χ2n) is 5.13. The number of carbonyl (C=O) groups is 2. The monoisotopic (exact) mass is 410 g/mol. The Morgan fingerprint density at radius 2 is 2.28 bits per heavy atom. The highest BCUT2D eigenvalue weighted by Gasteiger charge is 2.31. The highest BCUT2D eigenvalue weighted by Crippen LogP contribution is 2.33. The summed E-state index contributed by atoms with van der Waals surface area (Å²) < 4.78 is 0.535. The van der Waals surface area contributed by atoms with Crippen LogP contribution in [0.3, 0.4) is 0 Å². The molecule has 1 fully saturated rings. The van der Waals surface area contributed by atoms with Crippen molar-refractivity contribution in [3.05, 3.63) is 32.3 Å². The number of nitrogens with zero attached hydrogens (tertiary/aromatic N) is 3. The van der Waals surface area contributed by atoms with Gasteiger partial charge in [0.1, 0.15) is 9.33 Å². The van der Waals surface area contributed by atoms with Crippen LogP contribution in [0.25, 0.3) is 6.08 Å². The van der Waals surface area contributed by atoms with Gasteiger partial charge in [0.2, 0.25) is 11.0 Å². The number of nitrogens with one attached hydrogen (secondary N) is 1. The third kappa shape index (κ3) is 4.72. The summed E-state index contributed by atoms with van der Waals surface area (Å²) in [5.41, 5.74) is 0. The van der Waals surface area contributed by atoms with Crippen LogP contribution in [0, 0.1) is 6.92 Å². The van der Waals surface area contributed by atoms with Crippen molar-refractivity contribution in [2.75, 3.05) is 11.9 Å². The molecule has 0 saturated carbocycles. The Balaban J connectivity index is 1.50. The van der Waals surface area contributed by atoms with Crippen LogP contribution in [-0.4, -0.2) is 37.8 Å². The van der Waals surface area contributed by atoms with E-state index < -0.39 is 0 Å². The van der Waals surface area contributed by atoms with E-state index in [0.717, 1.165) is 9.88 Å². The van der Waals surface area contributed by atoms with Crippen molar-refractivity contribution in [2.24, 2.45) is 0 Å². The number of aromatic nitrogens is 2. The Labute approximate surface area is 162 Å². The molecule has 2 aromatic rings. The number of hydrogen-bond acceptors (Lipinski definition) is 8. The molecule has 0 atom stereocenters. The fourth-order valence-corrected chi connectivity index (χ4v) is 4.76. The fourth-order valence-electron chi connectivity index (χ4n) is 2.12. The molecule has 3 heterocycles. The highest BCUT2D eigenvalue weighted by molar-refractivity contribution is 8.26. The van der Waals surface area contributed by atoms with Crippen molar-refractivity contribution in [1.29, 1.82) is 0 Å². The van der Waals surface area contributed by atoms with Crippen LogP contribution in [0.15, 0.2) is 22.4 Å². The maximum Gasteiger partial charge on any atom is 0.266 e. The van der Waals surface area contributed by atoms with Gasteiger partial charge in [-0.2, -0.15) is 0 Å². The molecule has 10 heteroatoms. The third-order valence-corrected chi connectivity index (χ3v) is 6.20. The first-order valence-corrected chi connectivity index (χ1v) is 10.3. The van der Waals surface area contributed by atoms with Crippen molar-refractivity contribution in [1.82, 2.24) is 15.1 Å². The van der Waals surface area contributed by atoms with E-state index in [1.165, 1.54) is 23.1 Å². The van der Waals surface area contributed by atoms with Crippen molar-refractivity contribution in [3.63, 3.8) is 0 Å². The zero-order chi connectivity index (χ0) is 17.8. The van der Waals surface area contributed by atoms with Crippen LogP contribution in [0.2, 0.25) is 0 Å². The molecule has 1 saturated heterocycles. The molecule has 0 spiro atoms. The molecule has 0 aromatic carbocycles. The third-order valence-electron chi connectivity index (χ3n) is 3.25. The Hall–Kier alpha value is -1.62. The maximum absolute atomic E-state index is 12.4. The molecule has 1 aliphatic heterocycles. The van der Waals surface area contributed by atoms with Crippen LogP contribution in [-0.2, 0) is 9.59 Å². The second kappa shape index (κ2) is 8.17. The number of thiocarbonyl (C=S) groups is 1. The van der Waals surface area contributed by atoms with Gasteiger partial charge in [0.15, 0.2) is 0 Å². The lowest BCUT2D eigenvalue weighted by Gasteiger charge is -2.13. The Morgan fingerprint density at radius 3 is 2.96 bits per heavy atom. The molecule has 2 aromatic heterocycles. The lowest BCUT2D eigenvalue weighted by molar-refractivity contribution is -0.122. The van der Waals surface area contributed by atoms with E-state index in [2.05, 4.69) is 15.5 Å². The largest absolute Gasteiger partial charge is 0.301 e. The Bertz CT molecular complexity index is 828. The van der Waals surface area contributed by atoms with Crippen LogP contribution in [0.1, 0.15) is 22.7 Å². The van der Waals surface area contributed by atoms with E-state index in [-0.39, 0.29) is 11.8 Å². The van der Waals surface area contributed by atoms with E-state index in [0.29, 0.717) is 33.7 Å². The molecule has 3 rings (SSSR count). The van der Waals surface area contributed by atoms with Crippen LogP contribution in [0.5, 0.6) is 0 Å². The van der Waals surface area contributed by atoms with Crippen LogP contribution in [0.4, 0.5) is 5.13 Å². The van der Waals surface area contributed by atoms with E-state index in [4.69, 9.17) is 12.2 Å². The first kappa shape index (κ1) is 18.2. The average molecular weight is 411 g/mol. The standard InChI is InChI=1S/C15H14N4O2S4/c1-9-17-18-14(24-9)16-12(20)5-2-6-19-13(21)11(25-15(19)22)8-10-4-3-7-23-10/h3-4,7-8H,2,5-6H2,1H3,(H,16,18,20). The lowest BCUT2D eigenvalue weighted by Crippen LogP contribution is -2.29. The normalized spacial score (nSPS) is 16.0. The van der Waals surface area contributed by atoms with Gasteiger partial charge >= 0.3 is 0 Å². The van der Waals surface area contributed by atoms with E-state index >= 15 is 0 Å². The molecule has 0 radical (unpaired) electrons. The number of carbonyl (C=O) groups excluding carboxylic acids is 2. The van der Waals surface area contributed by atoms with Crippen molar-refractivity contribution in [3.8, 4) is 0 Å². The van der Waals surface area contributed by atoms with Gasteiger partial charge in [-0.05, 0) is 30.9 Å². The summed E-state index contributed by atoms with van der Waals surface area (Å²) in [6.45, 7) is 2.25. The molecule has 0 unspecified atom stereocenters. The summed E-state index contributed by atoms with van der Waals surface area (Å²) in [6, 6.07) is 3.89. The molecule has 0 bridgehead atoms. The van der Waals surface area contributed by atoms with E-state index in [1.54, 1.807) is 16.2 Å². The van der Waals surface area contributed by atoms with E-state index in [1.807, 2.05) is 30.5 Å². The molecule has 1 aliphatic rings.